The number of carbonyl (C=O) groups excluding carboxylic acids is 1. The third-order valence-corrected chi connectivity index (χ3v) is 5.43. The molecule has 0 saturated carbocycles. The number of piperidine rings is 1. The van der Waals surface area contributed by atoms with Crippen LogP contribution in [0.25, 0.3) is 6.08 Å². The Balaban J connectivity index is 1.70. The quantitative estimate of drug-likeness (QED) is 0.756. The number of hydrogen-bond donors (Lipinski definition) is 0. The van der Waals surface area contributed by atoms with Gasteiger partial charge in [-0.25, -0.2) is 0 Å². The van der Waals surface area contributed by atoms with Crippen LogP contribution in [0, 0.1) is 11.3 Å². The number of carbonyl (C=O) groups is 1. The second-order valence-corrected chi connectivity index (χ2v) is 7.78. The highest BCUT2D eigenvalue weighted by atomic mass is 16.5. The molecule has 0 aromatic carbocycles. The summed E-state index contributed by atoms with van der Waals surface area (Å²) in [5, 5.41) is 3.98. The summed E-state index contributed by atoms with van der Waals surface area (Å²) in [5.74, 6) is 1.05. The highest BCUT2D eigenvalue weighted by Gasteiger charge is 2.31. The van der Waals surface area contributed by atoms with Gasteiger partial charge in [-0.1, -0.05) is 36.7 Å². The lowest BCUT2D eigenvalue weighted by Crippen LogP contribution is -2.35. The molecule has 2 aliphatic rings. The Bertz CT molecular complexity index is 648. The summed E-state index contributed by atoms with van der Waals surface area (Å²) in [5.41, 5.74) is 2.08. The third kappa shape index (κ3) is 3.63. The van der Waals surface area contributed by atoms with Gasteiger partial charge in [-0.2, -0.15) is 0 Å². The van der Waals surface area contributed by atoms with E-state index in [1.807, 2.05) is 11.0 Å². The average molecular weight is 328 g/mol. The zero-order valence-electron chi connectivity index (χ0n) is 15.0. The standard InChI is InChI=1S/C20H28N2O2/c1-15-8-7-11-20(2,3)17(15)10-9-16-14-18(21-24-16)19(23)22-12-5-4-6-13-22/h8-10,14,17H,4-7,11-13H2,1-3H3/b10-9+. The summed E-state index contributed by atoms with van der Waals surface area (Å²) < 4.78 is 5.37. The van der Waals surface area contributed by atoms with E-state index >= 15 is 0 Å². The predicted molar refractivity (Wildman–Crippen MR) is 95.6 cm³/mol. The Hall–Kier alpha value is -1.84. The third-order valence-electron chi connectivity index (χ3n) is 5.43. The SMILES string of the molecule is CC1=CCCC(C)(C)C1/C=C/c1cc(C(=O)N2CCCCC2)no1. The van der Waals surface area contributed by atoms with E-state index in [1.54, 1.807) is 6.07 Å². The molecule has 4 nitrogen and oxygen atoms in total. The van der Waals surface area contributed by atoms with E-state index in [9.17, 15) is 4.79 Å². The van der Waals surface area contributed by atoms with Crippen molar-refractivity contribution in [1.29, 1.82) is 0 Å². The monoisotopic (exact) mass is 328 g/mol. The van der Waals surface area contributed by atoms with E-state index in [2.05, 4.69) is 38.1 Å². The van der Waals surface area contributed by atoms with Crippen molar-refractivity contribution in [3.8, 4) is 0 Å². The topological polar surface area (TPSA) is 46.3 Å². The van der Waals surface area contributed by atoms with Crippen LogP contribution in [0.15, 0.2) is 28.3 Å². The number of amides is 1. The van der Waals surface area contributed by atoms with Gasteiger partial charge in [0.2, 0.25) is 0 Å². The van der Waals surface area contributed by atoms with E-state index in [4.69, 9.17) is 4.52 Å². The number of aromatic nitrogens is 1. The molecule has 1 unspecified atom stereocenters. The van der Waals surface area contributed by atoms with Crippen LogP contribution in [0.4, 0.5) is 0 Å². The molecule has 1 aliphatic heterocycles. The smallest absolute Gasteiger partial charge is 0.276 e. The molecule has 0 bridgehead atoms. The van der Waals surface area contributed by atoms with Gasteiger partial charge < -0.3 is 9.42 Å². The van der Waals surface area contributed by atoms with Gasteiger partial charge in [0, 0.05) is 25.1 Å². The van der Waals surface area contributed by atoms with Crippen LogP contribution in [0.2, 0.25) is 0 Å². The molecule has 0 N–H and O–H groups in total. The lowest BCUT2D eigenvalue weighted by molar-refractivity contribution is 0.0714. The summed E-state index contributed by atoms with van der Waals surface area (Å²) in [7, 11) is 0. The molecule has 1 aromatic heterocycles. The van der Waals surface area contributed by atoms with Gasteiger partial charge in [0.25, 0.3) is 5.91 Å². The van der Waals surface area contributed by atoms with Crippen LogP contribution in [-0.4, -0.2) is 29.1 Å². The maximum absolute atomic E-state index is 12.4. The first-order chi connectivity index (χ1) is 11.5. The van der Waals surface area contributed by atoms with Gasteiger partial charge in [-0.3, -0.25) is 4.79 Å². The second kappa shape index (κ2) is 6.96. The first-order valence-corrected chi connectivity index (χ1v) is 9.08. The van der Waals surface area contributed by atoms with Gasteiger partial charge in [-0.05, 0) is 50.5 Å². The van der Waals surface area contributed by atoms with Crippen molar-refractivity contribution in [2.45, 2.75) is 52.9 Å². The molecule has 24 heavy (non-hydrogen) atoms. The normalized spacial score (nSPS) is 24.2. The average Bonchev–Trinajstić information content (AvgIpc) is 3.03. The minimum Gasteiger partial charge on any atom is -0.356 e. The van der Waals surface area contributed by atoms with Crippen LogP contribution >= 0.6 is 0 Å². The van der Waals surface area contributed by atoms with Gasteiger partial charge >= 0.3 is 0 Å². The molecule has 3 rings (SSSR count). The molecular formula is C20H28N2O2. The van der Waals surface area contributed by atoms with Gasteiger partial charge in [0.05, 0.1) is 0 Å². The molecule has 4 heteroatoms. The highest BCUT2D eigenvalue weighted by molar-refractivity contribution is 5.92. The summed E-state index contributed by atoms with van der Waals surface area (Å²) in [6.07, 6.45) is 12.2. The fraction of sp³-hybridized carbons (Fsp3) is 0.600. The Morgan fingerprint density at radius 3 is 2.79 bits per heavy atom. The molecule has 1 saturated heterocycles. The Labute approximate surface area is 144 Å². The van der Waals surface area contributed by atoms with Crippen molar-refractivity contribution in [3.63, 3.8) is 0 Å². The van der Waals surface area contributed by atoms with Crippen molar-refractivity contribution in [2.75, 3.05) is 13.1 Å². The summed E-state index contributed by atoms with van der Waals surface area (Å²) in [4.78, 5) is 14.3. The largest absolute Gasteiger partial charge is 0.356 e. The van der Waals surface area contributed by atoms with Crippen molar-refractivity contribution >= 4 is 12.0 Å². The van der Waals surface area contributed by atoms with Gasteiger partial charge in [0.15, 0.2) is 11.5 Å². The van der Waals surface area contributed by atoms with Gasteiger partial charge in [0.1, 0.15) is 0 Å². The van der Waals surface area contributed by atoms with Crippen molar-refractivity contribution in [3.05, 3.63) is 35.2 Å². The maximum atomic E-state index is 12.4. The Morgan fingerprint density at radius 2 is 2.08 bits per heavy atom. The van der Waals surface area contributed by atoms with E-state index in [0.29, 0.717) is 17.4 Å². The molecule has 1 aliphatic carbocycles. The summed E-state index contributed by atoms with van der Waals surface area (Å²) >= 11 is 0. The van der Waals surface area contributed by atoms with Crippen molar-refractivity contribution < 1.29 is 9.32 Å². The minimum absolute atomic E-state index is 0.00725. The predicted octanol–water partition coefficient (Wildman–Crippen LogP) is 4.70. The lowest BCUT2D eigenvalue weighted by atomic mass is 9.68. The number of allylic oxidation sites excluding steroid dienone is 3. The van der Waals surface area contributed by atoms with Crippen LogP contribution < -0.4 is 0 Å². The summed E-state index contributed by atoms with van der Waals surface area (Å²) in [6.45, 7) is 8.48. The molecule has 1 fully saturated rings. The van der Waals surface area contributed by atoms with Crippen LogP contribution in [0.3, 0.4) is 0 Å². The zero-order chi connectivity index (χ0) is 17.2. The van der Waals surface area contributed by atoms with Crippen LogP contribution in [0.1, 0.15) is 69.1 Å². The maximum Gasteiger partial charge on any atom is 0.276 e. The first kappa shape index (κ1) is 17.0. The Morgan fingerprint density at radius 1 is 1.33 bits per heavy atom. The van der Waals surface area contributed by atoms with Crippen molar-refractivity contribution in [1.82, 2.24) is 10.1 Å². The molecular weight excluding hydrogens is 300 g/mol. The molecule has 130 valence electrons. The highest BCUT2D eigenvalue weighted by Crippen LogP contribution is 2.41. The second-order valence-electron chi connectivity index (χ2n) is 7.78. The molecule has 2 heterocycles. The number of hydrogen-bond acceptors (Lipinski definition) is 3. The molecule has 1 aromatic rings. The zero-order valence-corrected chi connectivity index (χ0v) is 15.0. The molecule has 0 spiro atoms. The summed E-state index contributed by atoms with van der Waals surface area (Å²) in [6, 6.07) is 1.77. The molecule has 0 radical (unpaired) electrons. The molecule has 1 atom stereocenters. The lowest BCUT2D eigenvalue weighted by Gasteiger charge is -2.36. The fourth-order valence-corrected chi connectivity index (χ4v) is 3.90. The molecule has 1 amide bonds. The fourth-order valence-electron chi connectivity index (χ4n) is 3.90. The first-order valence-electron chi connectivity index (χ1n) is 9.08. The van der Waals surface area contributed by atoms with E-state index in [0.717, 1.165) is 32.4 Å². The van der Waals surface area contributed by atoms with Crippen LogP contribution in [-0.2, 0) is 0 Å². The minimum atomic E-state index is -0.00725. The number of rotatable bonds is 3. The van der Waals surface area contributed by atoms with E-state index in [1.165, 1.54) is 18.4 Å². The van der Waals surface area contributed by atoms with Crippen molar-refractivity contribution in [2.24, 2.45) is 11.3 Å². The number of nitrogens with zero attached hydrogens (tertiary/aromatic N) is 2. The van der Waals surface area contributed by atoms with E-state index in [-0.39, 0.29) is 11.3 Å². The number of likely N-dealkylation sites (tertiary alicyclic amines) is 1. The van der Waals surface area contributed by atoms with Gasteiger partial charge in [-0.15, -0.1) is 0 Å². The Kier molecular flexibility index (Phi) is 4.93. The van der Waals surface area contributed by atoms with E-state index < -0.39 is 0 Å². The van der Waals surface area contributed by atoms with Crippen LogP contribution in [0.5, 0.6) is 0 Å².